The molecule has 0 bridgehead atoms. The van der Waals surface area contributed by atoms with Crippen LogP contribution in [0.1, 0.15) is 40.4 Å². The van der Waals surface area contributed by atoms with E-state index < -0.39 is 18.7 Å². The van der Waals surface area contributed by atoms with Crippen LogP contribution in [-0.2, 0) is 6.54 Å². The number of hydrogen-bond donors (Lipinski definition) is 1. The third-order valence-corrected chi connectivity index (χ3v) is 7.57. The summed E-state index contributed by atoms with van der Waals surface area (Å²) in [5, 5.41) is 2.76. The summed E-state index contributed by atoms with van der Waals surface area (Å²) in [5.74, 6) is -1.29. The highest BCUT2D eigenvalue weighted by Crippen LogP contribution is 2.37. The molecule has 1 fully saturated rings. The standard InChI is InChI=1S/C31H26Cl2F4N4O2/c32-25-16-26(39-29(42)23-9-12-38-27(33)15-23)28(40-30(25)43-18-31(35,36)37)22-10-13-41(14-11-22)17-19-1-3-20(4-2-19)21-5-7-24(34)8-6-21/h1-9,12,15-16,22H,10-11,13-14,17-18H2,(H,39,42). The number of benzene rings is 2. The Morgan fingerprint density at radius 1 is 0.977 bits per heavy atom. The Morgan fingerprint density at radius 2 is 1.63 bits per heavy atom. The van der Waals surface area contributed by atoms with E-state index in [0.29, 0.717) is 38.2 Å². The maximum atomic E-state index is 13.3. The van der Waals surface area contributed by atoms with Gasteiger partial charge >= 0.3 is 6.18 Å². The minimum absolute atomic E-state index is 0.136. The van der Waals surface area contributed by atoms with Gasteiger partial charge in [0.1, 0.15) is 16.0 Å². The van der Waals surface area contributed by atoms with Crippen molar-refractivity contribution in [2.75, 3.05) is 25.0 Å². The molecule has 2 aromatic heterocycles. The zero-order chi connectivity index (χ0) is 30.6. The number of halogens is 6. The molecule has 1 N–H and O–H groups in total. The van der Waals surface area contributed by atoms with Crippen molar-refractivity contribution in [3.63, 3.8) is 0 Å². The van der Waals surface area contributed by atoms with E-state index in [2.05, 4.69) is 20.2 Å². The highest BCUT2D eigenvalue weighted by Gasteiger charge is 2.31. The maximum absolute atomic E-state index is 13.3. The van der Waals surface area contributed by atoms with Crippen LogP contribution in [0.3, 0.4) is 0 Å². The van der Waals surface area contributed by atoms with Crippen molar-refractivity contribution in [3.05, 3.63) is 106 Å². The van der Waals surface area contributed by atoms with Gasteiger partial charge in [-0.25, -0.2) is 14.4 Å². The summed E-state index contributed by atoms with van der Waals surface area (Å²) < 4.78 is 56.7. The number of nitrogens with one attached hydrogen (secondary N) is 1. The lowest BCUT2D eigenvalue weighted by atomic mass is 9.91. The van der Waals surface area contributed by atoms with Crippen molar-refractivity contribution in [1.82, 2.24) is 14.9 Å². The largest absolute Gasteiger partial charge is 0.467 e. The number of likely N-dealkylation sites (tertiary alicyclic amines) is 1. The van der Waals surface area contributed by atoms with Gasteiger partial charge in [-0.15, -0.1) is 0 Å². The highest BCUT2D eigenvalue weighted by molar-refractivity contribution is 6.32. The SMILES string of the molecule is O=C(Nc1cc(Cl)c(OCC(F)(F)F)nc1C1CCN(Cc2ccc(-c3ccc(F)cc3)cc2)CC1)c1ccnc(Cl)c1. The number of pyridine rings is 2. The molecule has 0 spiro atoms. The van der Waals surface area contributed by atoms with Crippen molar-refractivity contribution in [2.24, 2.45) is 0 Å². The number of rotatable bonds is 8. The van der Waals surface area contributed by atoms with Gasteiger partial charge in [0.15, 0.2) is 6.61 Å². The fourth-order valence-corrected chi connectivity index (χ4v) is 5.33. The molecular weight excluding hydrogens is 607 g/mol. The van der Waals surface area contributed by atoms with E-state index in [1.807, 2.05) is 24.3 Å². The minimum atomic E-state index is -4.57. The molecule has 6 nitrogen and oxygen atoms in total. The fourth-order valence-electron chi connectivity index (χ4n) is 4.95. The molecule has 0 atom stereocenters. The molecule has 5 rings (SSSR count). The van der Waals surface area contributed by atoms with Gasteiger partial charge in [-0.2, -0.15) is 13.2 Å². The minimum Gasteiger partial charge on any atom is -0.467 e. The first-order valence-electron chi connectivity index (χ1n) is 13.4. The van der Waals surface area contributed by atoms with Crippen molar-refractivity contribution in [3.8, 4) is 17.0 Å². The smallest absolute Gasteiger partial charge is 0.422 e. The van der Waals surface area contributed by atoms with Crippen LogP contribution in [0.15, 0.2) is 72.9 Å². The molecule has 0 aliphatic carbocycles. The quantitative estimate of drug-likeness (QED) is 0.157. The Labute approximate surface area is 255 Å². The van der Waals surface area contributed by atoms with Crippen LogP contribution in [0.25, 0.3) is 11.1 Å². The van der Waals surface area contributed by atoms with Gasteiger partial charge in [0, 0.05) is 24.2 Å². The summed E-state index contributed by atoms with van der Waals surface area (Å²) in [6, 6.07) is 18.7. The first kappa shape index (κ1) is 30.7. The van der Waals surface area contributed by atoms with Crippen molar-refractivity contribution >= 4 is 34.8 Å². The molecule has 4 aromatic rings. The van der Waals surface area contributed by atoms with Gasteiger partial charge in [-0.1, -0.05) is 59.6 Å². The first-order chi connectivity index (χ1) is 20.5. The number of ether oxygens (including phenoxy) is 1. The van der Waals surface area contributed by atoms with Crippen LogP contribution in [0.5, 0.6) is 5.88 Å². The molecule has 0 saturated carbocycles. The Kier molecular flexibility index (Phi) is 9.49. The Hall–Kier alpha value is -3.73. The molecule has 1 aliphatic heterocycles. The number of nitrogens with zero attached hydrogens (tertiary/aromatic N) is 3. The Balaban J connectivity index is 1.29. The van der Waals surface area contributed by atoms with E-state index >= 15 is 0 Å². The second-order valence-corrected chi connectivity index (χ2v) is 11.0. The Morgan fingerprint density at radius 3 is 2.26 bits per heavy atom. The lowest BCUT2D eigenvalue weighted by molar-refractivity contribution is -0.154. The van der Waals surface area contributed by atoms with Crippen LogP contribution in [0.2, 0.25) is 10.2 Å². The predicted molar refractivity (Wildman–Crippen MR) is 157 cm³/mol. The third kappa shape index (κ3) is 8.22. The van der Waals surface area contributed by atoms with Crippen LogP contribution in [0.4, 0.5) is 23.2 Å². The van der Waals surface area contributed by atoms with E-state index in [4.69, 9.17) is 27.9 Å². The van der Waals surface area contributed by atoms with Crippen molar-refractivity contribution in [1.29, 1.82) is 0 Å². The van der Waals surface area contributed by atoms with Gasteiger partial charge in [0.05, 0.1) is 11.4 Å². The van der Waals surface area contributed by atoms with Crippen LogP contribution < -0.4 is 10.1 Å². The van der Waals surface area contributed by atoms with Crippen LogP contribution in [-0.4, -0.2) is 46.6 Å². The normalized spacial score (nSPS) is 14.5. The van der Waals surface area contributed by atoms with Gasteiger partial charge in [0.25, 0.3) is 5.91 Å². The van der Waals surface area contributed by atoms with Gasteiger partial charge < -0.3 is 10.1 Å². The summed E-state index contributed by atoms with van der Waals surface area (Å²) in [5.41, 5.74) is 3.97. The van der Waals surface area contributed by atoms with E-state index in [1.165, 1.54) is 36.5 Å². The lowest BCUT2D eigenvalue weighted by Gasteiger charge is -2.32. The average molecular weight is 633 g/mol. The number of piperidine rings is 1. The monoisotopic (exact) mass is 632 g/mol. The number of carbonyl (C=O) groups excluding carboxylic acids is 1. The average Bonchev–Trinajstić information content (AvgIpc) is 2.98. The van der Waals surface area contributed by atoms with Gasteiger partial charge in [0.2, 0.25) is 5.88 Å². The summed E-state index contributed by atoms with van der Waals surface area (Å²) in [4.78, 5) is 23.5. The molecule has 2 aromatic carbocycles. The first-order valence-corrected chi connectivity index (χ1v) is 14.2. The topological polar surface area (TPSA) is 67.3 Å². The Bertz CT molecular complexity index is 1580. The number of alkyl halides is 3. The van der Waals surface area contributed by atoms with Crippen molar-refractivity contribution in [2.45, 2.75) is 31.5 Å². The third-order valence-electron chi connectivity index (χ3n) is 7.09. The molecule has 12 heteroatoms. The molecule has 224 valence electrons. The van der Waals surface area contributed by atoms with Gasteiger partial charge in [-0.05, 0) is 73.0 Å². The molecule has 3 heterocycles. The fraction of sp³-hybridized carbons (Fsp3) is 0.258. The molecule has 0 unspecified atom stereocenters. The second kappa shape index (κ2) is 13.3. The molecule has 1 saturated heterocycles. The van der Waals surface area contributed by atoms with Crippen molar-refractivity contribution < 1.29 is 27.1 Å². The van der Waals surface area contributed by atoms with Crippen LogP contribution in [0, 0.1) is 5.82 Å². The molecule has 1 aliphatic rings. The molecular formula is C31H26Cl2F4N4O2. The van der Waals surface area contributed by atoms with E-state index in [1.54, 1.807) is 12.1 Å². The summed E-state index contributed by atoms with van der Waals surface area (Å²) in [7, 11) is 0. The number of amides is 1. The number of carbonyl (C=O) groups is 1. The summed E-state index contributed by atoms with van der Waals surface area (Å²) in [6.07, 6.45) is -1.89. The van der Waals surface area contributed by atoms with E-state index in [9.17, 15) is 22.4 Å². The van der Waals surface area contributed by atoms with Gasteiger partial charge in [-0.3, -0.25) is 9.69 Å². The van der Waals surface area contributed by atoms with Crippen LogP contribution >= 0.6 is 23.2 Å². The summed E-state index contributed by atoms with van der Waals surface area (Å²) in [6.45, 7) is 0.553. The van der Waals surface area contributed by atoms with E-state index in [0.717, 1.165) is 16.7 Å². The zero-order valence-electron chi connectivity index (χ0n) is 22.7. The number of aromatic nitrogens is 2. The predicted octanol–water partition coefficient (Wildman–Crippen LogP) is 8.16. The number of hydrogen-bond acceptors (Lipinski definition) is 5. The molecule has 43 heavy (non-hydrogen) atoms. The second-order valence-electron chi connectivity index (χ2n) is 10.2. The molecule has 0 radical (unpaired) electrons. The maximum Gasteiger partial charge on any atom is 0.422 e. The number of anilines is 1. The highest BCUT2D eigenvalue weighted by atomic mass is 35.5. The molecule has 1 amide bonds. The van der Waals surface area contributed by atoms with E-state index in [-0.39, 0.29) is 39.0 Å². The summed E-state index contributed by atoms with van der Waals surface area (Å²) >= 11 is 12.2. The lowest BCUT2D eigenvalue weighted by Crippen LogP contribution is -2.33. The zero-order valence-corrected chi connectivity index (χ0v) is 24.2.